The average Bonchev–Trinajstić information content (AvgIpc) is 2.67. The second-order valence-corrected chi connectivity index (χ2v) is 6.97. The lowest BCUT2D eigenvalue weighted by Crippen LogP contribution is -2.35. The number of likely N-dealkylation sites (tertiary alicyclic amines) is 1. The Balaban J connectivity index is 1.32. The van der Waals surface area contributed by atoms with E-state index < -0.39 is 0 Å². The number of carbonyl (C=O) groups excluding carboxylic acids is 1. The SMILES string of the molecule is O=C(CCC1CCN(CCc2ccccc2)CC1)Nc1ccccc1. The molecule has 3 rings (SSSR count). The van der Waals surface area contributed by atoms with Gasteiger partial charge in [-0.05, 0) is 62.4 Å². The van der Waals surface area contributed by atoms with Gasteiger partial charge in [0.25, 0.3) is 0 Å². The zero-order valence-corrected chi connectivity index (χ0v) is 14.9. The number of rotatable bonds is 7. The van der Waals surface area contributed by atoms with Crippen molar-refractivity contribution in [1.82, 2.24) is 4.90 Å². The Bertz CT molecular complexity index is 634. The second kappa shape index (κ2) is 9.38. The topological polar surface area (TPSA) is 32.3 Å². The lowest BCUT2D eigenvalue weighted by molar-refractivity contribution is -0.116. The number of hydrogen-bond acceptors (Lipinski definition) is 2. The maximum Gasteiger partial charge on any atom is 0.224 e. The highest BCUT2D eigenvalue weighted by atomic mass is 16.1. The third kappa shape index (κ3) is 6.02. The summed E-state index contributed by atoms with van der Waals surface area (Å²) in [6.07, 6.45) is 5.20. The fraction of sp³-hybridized carbons (Fsp3) is 0.409. The number of nitrogens with one attached hydrogen (secondary N) is 1. The summed E-state index contributed by atoms with van der Waals surface area (Å²) in [4.78, 5) is 14.6. The van der Waals surface area contributed by atoms with Gasteiger partial charge in [-0.2, -0.15) is 0 Å². The van der Waals surface area contributed by atoms with E-state index in [-0.39, 0.29) is 5.91 Å². The first-order valence-corrected chi connectivity index (χ1v) is 9.41. The van der Waals surface area contributed by atoms with Crippen molar-refractivity contribution < 1.29 is 4.79 Å². The molecule has 0 saturated carbocycles. The Morgan fingerprint density at radius 2 is 1.60 bits per heavy atom. The monoisotopic (exact) mass is 336 g/mol. The fourth-order valence-electron chi connectivity index (χ4n) is 3.51. The molecule has 1 aliphatic heterocycles. The van der Waals surface area contributed by atoms with E-state index in [1.54, 1.807) is 0 Å². The molecule has 3 nitrogen and oxygen atoms in total. The third-order valence-corrected chi connectivity index (χ3v) is 5.10. The molecular weight excluding hydrogens is 308 g/mol. The third-order valence-electron chi connectivity index (χ3n) is 5.10. The van der Waals surface area contributed by atoms with Crippen LogP contribution in [-0.2, 0) is 11.2 Å². The number of carbonyl (C=O) groups is 1. The highest BCUT2D eigenvalue weighted by Crippen LogP contribution is 2.22. The van der Waals surface area contributed by atoms with Crippen LogP contribution in [0.2, 0.25) is 0 Å². The van der Waals surface area contributed by atoms with Crippen LogP contribution < -0.4 is 5.32 Å². The zero-order chi connectivity index (χ0) is 17.3. The van der Waals surface area contributed by atoms with Gasteiger partial charge in [0.05, 0.1) is 0 Å². The summed E-state index contributed by atoms with van der Waals surface area (Å²) in [7, 11) is 0. The van der Waals surface area contributed by atoms with Crippen LogP contribution in [0.4, 0.5) is 5.69 Å². The highest BCUT2D eigenvalue weighted by molar-refractivity contribution is 5.90. The molecule has 0 spiro atoms. The van der Waals surface area contributed by atoms with E-state index in [0.29, 0.717) is 12.3 Å². The summed E-state index contributed by atoms with van der Waals surface area (Å²) in [6.45, 7) is 3.47. The Labute approximate surface area is 151 Å². The standard InChI is InChI=1S/C22H28N2O/c25-22(23-21-9-5-2-6-10-21)12-11-20-14-17-24(18-15-20)16-13-19-7-3-1-4-8-19/h1-10,20H,11-18H2,(H,23,25). The summed E-state index contributed by atoms with van der Waals surface area (Å²) in [5.41, 5.74) is 2.31. The lowest BCUT2D eigenvalue weighted by atomic mass is 9.92. The molecule has 1 fully saturated rings. The molecule has 1 heterocycles. The molecule has 1 N–H and O–H groups in total. The Kier molecular flexibility index (Phi) is 6.63. The molecule has 0 bridgehead atoms. The van der Waals surface area contributed by atoms with Crippen LogP contribution in [0, 0.1) is 5.92 Å². The van der Waals surface area contributed by atoms with Crippen molar-refractivity contribution in [2.75, 3.05) is 25.0 Å². The zero-order valence-electron chi connectivity index (χ0n) is 14.9. The van der Waals surface area contributed by atoms with E-state index >= 15 is 0 Å². The number of nitrogens with zero attached hydrogens (tertiary/aromatic N) is 1. The van der Waals surface area contributed by atoms with Crippen LogP contribution in [0.5, 0.6) is 0 Å². The first-order valence-electron chi connectivity index (χ1n) is 9.41. The Morgan fingerprint density at radius 1 is 0.960 bits per heavy atom. The molecule has 2 aromatic carbocycles. The van der Waals surface area contributed by atoms with Crippen LogP contribution in [0.25, 0.3) is 0 Å². The molecule has 0 aromatic heterocycles. The molecule has 3 heteroatoms. The quantitative estimate of drug-likeness (QED) is 0.815. The minimum atomic E-state index is 0.137. The first kappa shape index (κ1) is 17.7. The van der Waals surface area contributed by atoms with Crippen molar-refractivity contribution in [3.8, 4) is 0 Å². The van der Waals surface area contributed by atoms with E-state index in [1.807, 2.05) is 30.3 Å². The van der Waals surface area contributed by atoms with Gasteiger partial charge in [0.2, 0.25) is 5.91 Å². The van der Waals surface area contributed by atoms with Crippen molar-refractivity contribution in [2.45, 2.75) is 32.1 Å². The normalized spacial score (nSPS) is 15.8. The van der Waals surface area contributed by atoms with Gasteiger partial charge in [0.15, 0.2) is 0 Å². The van der Waals surface area contributed by atoms with E-state index in [2.05, 4.69) is 40.5 Å². The van der Waals surface area contributed by atoms with Gasteiger partial charge in [0, 0.05) is 18.7 Å². The van der Waals surface area contributed by atoms with Gasteiger partial charge < -0.3 is 10.2 Å². The molecule has 0 unspecified atom stereocenters. The minimum absolute atomic E-state index is 0.137. The molecule has 0 aliphatic carbocycles. The van der Waals surface area contributed by atoms with Crippen molar-refractivity contribution >= 4 is 11.6 Å². The van der Waals surface area contributed by atoms with Gasteiger partial charge in [-0.25, -0.2) is 0 Å². The van der Waals surface area contributed by atoms with Crippen molar-refractivity contribution in [3.05, 3.63) is 66.2 Å². The summed E-state index contributed by atoms with van der Waals surface area (Å²) in [5, 5.41) is 2.98. The second-order valence-electron chi connectivity index (χ2n) is 6.97. The van der Waals surface area contributed by atoms with Gasteiger partial charge >= 0.3 is 0 Å². The summed E-state index contributed by atoms with van der Waals surface area (Å²) < 4.78 is 0. The number of anilines is 1. The van der Waals surface area contributed by atoms with E-state index in [4.69, 9.17) is 0 Å². The van der Waals surface area contributed by atoms with Gasteiger partial charge in [-0.15, -0.1) is 0 Å². The van der Waals surface area contributed by atoms with E-state index in [0.717, 1.165) is 38.2 Å². The van der Waals surface area contributed by atoms with Crippen LogP contribution in [0.3, 0.4) is 0 Å². The summed E-state index contributed by atoms with van der Waals surface area (Å²) >= 11 is 0. The maximum atomic E-state index is 12.1. The molecule has 25 heavy (non-hydrogen) atoms. The summed E-state index contributed by atoms with van der Waals surface area (Å²) in [6, 6.07) is 20.4. The predicted molar refractivity (Wildman–Crippen MR) is 104 cm³/mol. The molecule has 0 atom stereocenters. The van der Waals surface area contributed by atoms with Gasteiger partial charge in [-0.3, -0.25) is 4.79 Å². The van der Waals surface area contributed by atoms with Crippen molar-refractivity contribution in [1.29, 1.82) is 0 Å². The smallest absolute Gasteiger partial charge is 0.224 e. The number of para-hydroxylation sites is 1. The number of piperidine rings is 1. The van der Waals surface area contributed by atoms with Gasteiger partial charge in [-0.1, -0.05) is 48.5 Å². The summed E-state index contributed by atoms with van der Waals surface area (Å²) in [5.74, 6) is 0.826. The maximum absolute atomic E-state index is 12.1. The Morgan fingerprint density at radius 3 is 2.28 bits per heavy atom. The number of amides is 1. The van der Waals surface area contributed by atoms with Crippen LogP contribution in [-0.4, -0.2) is 30.4 Å². The van der Waals surface area contributed by atoms with Crippen LogP contribution in [0.1, 0.15) is 31.2 Å². The number of hydrogen-bond donors (Lipinski definition) is 1. The predicted octanol–water partition coefficient (Wildman–Crippen LogP) is 4.36. The fourth-order valence-corrected chi connectivity index (χ4v) is 3.51. The van der Waals surface area contributed by atoms with Crippen LogP contribution in [0.15, 0.2) is 60.7 Å². The van der Waals surface area contributed by atoms with E-state index in [1.165, 1.54) is 18.4 Å². The molecule has 1 amide bonds. The van der Waals surface area contributed by atoms with Crippen molar-refractivity contribution in [2.24, 2.45) is 5.92 Å². The van der Waals surface area contributed by atoms with Crippen LogP contribution >= 0.6 is 0 Å². The Hall–Kier alpha value is -2.13. The average molecular weight is 336 g/mol. The molecule has 1 saturated heterocycles. The largest absolute Gasteiger partial charge is 0.326 e. The molecule has 1 aliphatic rings. The molecular formula is C22H28N2O. The minimum Gasteiger partial charge on any atom is -0.326 e. The molecule has 2 aromatic rings. The van der Waals surface area contributed by atoms with Crippen molar-refractivity contribution in [3.63, 3.8) is 0 Å². The number of benzene rings is 2. The molecule has 0 radical (unpaired) electrons. The molecule has 132 valence electrons. The van der Waals surface area contributed by atoms with E-state index in [9.17, 15) is 4.79 Å². The first-order chi connectivity index (χ1) is 12.3. The van der Waals surface area contributed by atoms with Gasteiger partial charge in [0.1, 0.15) is 0 Å². The highest BCUT2D eigenvalue weighted by Gasteiger charge is 2.19. The lowest BCUT2D eigenvalue weighted by Gasteiger charge is -2.31.